The maximum atomic E-state index is 13.1. The summed E-state index contributed by atoms with van der Waals surface area (Å²) in [6, 6.07) is 8.84. The largest absolute Gasteiger partial charge is 0.334 e. The fraction of sp³-hybridized carbons (Fsp3) is 0.450. The molecular weight excluding hydrogens is 350 g/mol. The first-order chi connectivity index (χ1) is 12.5. The summed E-state index contributed by atoms with van der Waals surface area (Å²) in [5.41, 5.74) is 1.10. The average Bonchev–Trinajstić information content (AvgIpc) is 2.64. The maximum absolute atomic E-state index is 13.1. The van der Waals surface area contributed by atoms with Crippen molar-refractivity contribution >= 4 is 17.5 Å². The highest BCUT2D eigenvalue weighted by atomic mass is 35.5. The Morgan fingerprint density at radius 3 is 2.50 bits per heavy atom. The van der Waals surface area contributed by atoms with Crippen LogP contribution in [-0.2, 0) is 0 Å². The number of amides is 1. The van der Waals surface area contributed by atoms with E-state index in [1.807, 2.05) is 24.0 Å². The molecule has 0 saturated heterocycles. The molecule has 1 aliphatic rings. The molecule has 2 aromatic rings. The normalized spacial score (nSPS) is 15.0. The molecule has 0 bridgehead atoms. The van der Waals surface area contributed by atoms with Gasteiger partial charge in [-0.15, -0.1) is 0 Å². The van der Waals surface area contributed by atoms with E-state index in [0.29, 0.717) is 17.3 Å². The summed E-state index contributed by atoms with van der Waals surface area (Å²) in [4.78, 5) is 27.4. The van der Waals surface area contributed by atoms with Crippen molar-refractivity contribution < 1.29 is 4.79 Å². The number of carbonyl (C=O) groups is 1. The van der Waals surface area contributed by atoms with Crippen molar-refractivity contribution in [2.24, 2.45) is 0 Å². The predicted octanol–water partition coefficient (Wildman–Crippen LogP) is 3.99. The van der Waals surface area contributed by atoms with Gasteiger partial charge in [-0.3, -0.25) is 9.59 Å². The Hall–Kier alpha value is -2.14. The van der Waals surface area contributed by atoms with Crippen LogP contribution in [0.15, 0.2) is 35.1 Å². The summed E-state index contributed by atoms with van der Waals surface area (Å²) < 4.78 is 1.62. The molecule has 138 valence electrons. The zero-order chi connectivity index (χ0) is 18.7. The van der Waals surface area contributed by atoms with E-state index in [1.54, 1.807) is 23.7 Å². The lowest BCUT2D eigenvalue weighted by Crippen LogP contribution is -2.43. The molecule has 6 heteroatoms. The van der Waals surface area contributed by atoms with Crippen LogP contribution in [0.2, 0.25) is 5.02 Å². The van der Waals surface area contributed by atoms with Gasteiger partial charge in [0.2, 0.25) is 5.43 Å². The van der Waals surface area contributed by atoms with Gasteiger partial charge in [0, 0.05) is 29.4 Å². The van der Waals surface area contributed by atoms with E-state index in [4.69, 9.17) is 11.6 Å². The Balaban J connectivity index is 1.98. The number of carbonyl (C=O) groups excluding carboxylic acids is 1. The smallest absolute Gasteiger partial charge is 0.278 e. The fourth-order valence-electron chi connectivity index (χ4n) is 3.64. The molecule has 1 saturated carbocycles. The molecule has 0 spiro atoms. The first-order valence-electron chi connectivity index (χ1n) is 9.19. The first-order valence-corrected chi connectivity index (χ1v) is 9.57. The van der Waals surface area contributed by atoms with E-state index >= 15 is 0 Å². The van der Waals surface area contributed by atoms with Crippen LogP contribution in [-0.4, -0.2) is 33.2 Å². The Bertz CT molecular complexity index is 839. The Morgan fingerprint density at radius 2 is 1.88 bits per heavy atom. The number of aryl methyl sites for hydroxylation is 1. The second kappa shape index (κ2) is 8.04. The highest BCUT2D eigenvalue weighted by Crippen LogP contribution is 2.23. The van der Waals surface area contributed by atoms with Crippen LogP contribution in [0.5, 0.6) is 0 Å². The SMILES string of the molecule is CCN(C(=O)c1nn(-c2ccc(Cl)cc2)c(C)cc1=O)C1CCCCC1. The zero-order valence-electron chi connectivity index (χ0n) is 15.2. The van der Waals surface area contributed by atoms with E-state index < -0.39 is 0 Å². The summed E-state index contributed by atoms with van der Waals surface area (Å²) in [5, 5.41) is 5.03. The van der Waals surface area contributed by atoms with Crippen molar-refractivity contribution in [3.05, 3.63) is 57.0 Å². The number of aromatic nitrogens is 2. The third kappa shape index (κ3) is 3.83. The molecule has 0 unspecified atom stereocenters. The van der Waals surface area contributed by atoms with Gasteiger partial charge in [0.25, 0.3) is 5.91 Å². The second-order valence-electron chi connectivity index (χ2n) is 6.77. The number of nitrogens with zero attached hydrogens (tertiary/aromatic N) is 3. The molecule has 0 atom stereocenters. The molecular formula is C20H24ClN3O2. The number of hydrogen-bond donors (Lipinski definition) is 0. The third-order valence-corrected chi connectivity index (χ3v) is 5.25. The molecule has 3 rings (SSSR count). The van der Waals surface area contributed by atoms with Crippen molar-refractivity contribution in [3.63, 3.8) is 0 Å². The molecule has 0 N–H and O–H groups in total. The minimum absolute atomic E-state index is 0.0158. The predicted molar refractivity (Wildman–Crippen MR) is 103 cm³/mol. The van der Waals surface area contributed by atoms with Crippen LogP contribution in [0.1, 0.15) is 55.2 Å². The van der Waals surface area contributed by atoms with E-state index in [-0.39, 0.29) is 23.1 Å². The zero-order valence-corrected chi connectivity index (χ0v) is 16.0. The quantitative estimate of drug-likeness (QED) is 0.814. The van der Waals surface area contributed by atoms with Crippen molar-refractivity contribution in [1.82, 2.24) is 14.7 Å². The van der Waals surface area contributed by atoms with Gasteiger partial charge < -0.3 is 4.90 Å². The monoisotopic (exact) mass is 373 g/mol. The molecule has 26 heavy (non-hydrogen) atoms. The highest BCUT2D eigenvalue weighted by Gasteiger charge is 2.28. The van der Waals surface area contributed by atoms with E-state index in [9.17, 15) is 9.59 Å². The molecule has 0 aliphatic heterocycles. The average molecular weight is 374 g/mol. The molecule has 1 fully saturated rings. The van der Waals surface area contributed by atoms with E-state index in [0.717, 1.165) is 31.4 Å². The van der Waals surface area contributed by atoms with Crippen LogP contribution in [0.3, 0.4) is 0 Å². The minimum atomic E-state index is -0.327. The Morgan fingerprint density at radius 1 is 1.23 bits per heavy atom. The summed E-state index contributed by atoms with van der Waals surface area (Å²) in [7, 11) is 0. The van der Waals surface area contributed by atoms with Gasteiger partial charge in [-0.25, -0.2) is 4.68 Å². The minimum Gasteiger partial charge on any atom is -0.334 e. The lowest BCUT2D eigenvalue weighted by atomic mass is 9.94. The Labute approximate surface area is 158 Å². The van der Waals surface area contributed by atoms with Crippen molar-refractivity contribution in [1.29, 1.82) is 0 Å². The molecule has 1 amide bonds. The van der Waals surface area contributed by atoms with Crippen LogP contribution < -0.4 is 5.43 Å². The van der Waals surface area contributed by atoms with E-state index in [2.05, 4.69) is 5.10 Å². The fourth-order valence-corrected chi connectivity index (χ4v) is 3.76. The van der Waals surface area contributed by atoms with Gasteiger partial charge in [-0.1, -0.05) is 30.9 Å². The molecule has 1 aromatic carbocycles. The van der Waals surface area contributed by atoms with Crippen LogP contribution in [0.4, 0.5) is 0 Å². The lowest BCUT2D eigenvalue weighted by Gasteiger charge is -2.33. The van der Waals surface area contributed by atoms with Gasteiger partial charge >= 0.3 is 0 Å². The molecule has 1 aliphatic carbocycles. The summed E-state index contributed by atoms with van der Waals surface area (Å²) in [5.74, 6) is -0.271. The molecule has 1 heterocycles. The third-order valence-electron chi connectivity index (χ3n) is 5.00. The number of halogens is 1. The topological polar surface area (TPSA) is 55.2 Å². The maximum Gasteiger partial charge on any atom is 0.278 e. The molecule has 5 nitrogen and oxygen atoms in total. The first kappa shape index (κ1) is 18.6. The van der Waals surface area contributed by atoms with Crippen molar-refractivity contribution in [2.75, 3.05) is 6.54 Å². The van der Waals surface area contributed by atoms with Gasteiger partial charge in [0.15, 0.2) is 5.69 Å². The Kier molecular flexibility index (Phi) is 5.77. The van der Waals surface area contributed by atoms with Gasteiger partial charge in [-0.2, -0.15) is 5.10 Å². The number of rotatable bonds is 4. The standard InChI is InChI=1S/C20H24ClN3O2/c1-3-23(16-7-5-4-6-8-16)20(26)19-18(25)13-14(2)24(22-19)17-11-9-15(21)10-12-17/h9-13,16H,3-8H2,1-2H3. The summed E-state index contributed by atoms with van der Waals surface area (Å²) in [6.07, 6.45) is 5.47. The van der Waals surface area contributed by atoms with Crippen molar-refractivity contribution in [2.45, 2.75) is 52.0 Å². The molecule has 0 radical (unpaired) electrons. The second-order valence-corrected chi connectivity index (χ2v) is 7.21. The summed E-state index contributed by atoms with van der Waals surface area (Å²) in [6.45, 7) is 4.34. The van der Waals surface area contributed by atoms with Crippen molar-refractivity contribution in [3.8, 4) is 5.69 Å². The summed E-state index contributed by atoms with van der Waals surface area (Å²) >= 11 is 5.95. The lowest BCUT2D eigenvalue weighted by molar-refractivity contribution is 0.0638. The number of hydrogen-bond acceptors (Lipinski definition) is 3. The molecule has 1 aromatic heterocycles. The van der Waals surface area contributed by atoms with Crippen LogP contribution >= 0.6 is 11.6 Å². The van der Waals surface area contributed by atoms with Crippen LogP contribution in [0, 0.1) is 6.92 Å². The van der Waals surface area contributed by atoms with Gasteiger partial charge in [-0.05, 0) is 51.0 Å². The van der Waals surface area contributed by atoms with Gasteiger partial charge in [0.1, 0.15) is 0 Å². The van der Waals surface area contributed by atoms with Gasteiger partial charge in [0.05, 0.1) is 5.69 Å². The van der Waals surface area contributed by atoms with E-state index in [1.165, 1.54) is 12.5 Å². The number of benzene rings is 1. The highest BCUT2D eigenvalue weighted by molar-refractivity contribution is 6.30. The van der Waals surface area contributed by atoms with Crippen LogP contribution in [0.25, 0.3) is 5.69 Å².